The molecule has 2 heterocycles. The minimum atomic E-state index is -2.41. The lowest BCUT2D eigenvalue weighted by Crippen LogP contribution is -2.69. The molecule has 5 aromatic rings. The predicted octanol–water partition coefficient (Wildman–Crippen LogP) is 5.60. The van der Waals surface area contributed by atoms with E-state index in [0.29, 0.717) is 18.3 Å². The number of carbonyl (C=O) groups excluding carboxylic acids is 3. The van der Waals surface area contributed by atoms with Gasteiger partial charge in [0, 0.05) is 11.3 Å². The smallest absolute Gasteiger partial charge is 0.356 e. The van der Waals surface area contributed by atoms with Gasteiger partial charge >= 0.3 is 5.97 Å². The zero-order valence-corrected chi connectivity index (χ0v) is 27.8. The zero-order valence-electron chi connectivity index (χ0n) is 26.1. The number of carbonyl (C=O) groups is 3. The highest BCUT2D eigenvalue weighted by atomic mass is 32.2. The van der Waals surface area contributed by atoms with Crippen molar-refractivity contribution in [1.29, 1.82) is 0 Å². The van der Waals surface area contributed by atoms with E-state index in [1.165, 1.54) is 15.9 Å². The summed E-state index contributed by atoms with van der Waals surface area (Å²) in [5.74, 6) is -0.369. The van der Waals surface area contributed by atoms with Crippen molar-refractivity contribution in [2.75, 3.05) is 11.9 Å². The first kappa shape index (κ1) is 31.6. The SMILES string of the molecule is O=CNC1C(=O)N2C(C(=O)OC(c3ccccc3)c3ccccc3)=C(C[P+](c3ccccc3)(c3ccccc3)c3ccccc3)CS[C@@H]12. The molecule has 8 heteroatoms. The third-order valence-electron chi connectivity index (χ3n) is 8.94. The number of nitrogens with zero attached hydrogens (tertiary/aromatic N) is 1. The summed E-state index contributed by atoms with van der Waals surface area (Å²) in [4.78, 5) is 41.4. The van der Waals surface area contributed by atoms with Crippen LogP contribution < -0.4 is 21.2 Å². The molecule has 0 aromatic heterocycles. The Kier molecular flexibility index (Phi) is 9.24. The number of amides is 2. The minimum absolute atomic E-state index is 0.275. The van der Waals surface area contributed by atoms with Gasteiger partial charge in [-0.1, -0.05) is 115 Å². The molecule has 0 spiro atoms. The second kappa shape index (κ2) is 14.0. The number of nitrogens with one attached hydrogen (secondary N) is 1. The highest BCUT2D eigenvalue weighted by molar-refractivity contribution is 8.00. The summed E-state index contributed by atoms with van der Waals surface area (Å²) in [6, 6.07) is 50.0. The Labute approximate surface area is 285 Å². The minimum Gasteiger partial charge on any atom is -0.448 e. The number of β-lactam (4-membered cyclic amide) rings is 1. The standard InChI is InChI=1S/C40H33N2O4PS/c43-28-41-35-38(44)42-36(40(45)46-37(29-16-6-1-7-17-29)30-18-8-2-9-19-30)31(27-48-39(35)42)26-47(32-20-10-3-11-21-32,33-22-12-4-13-23-33)34-24-14-5-15-25-34/h1-25,28,35,37,39H,26-27H2/p+1/t35?,39-/m0/s1. The van der Waals surface area contributed by atoms with E-state index in [9.17, 15) is 14.4 Å². The lowest BCUT2D eigenvalue weighted by atomic mass is 10.0. The molecule has 2 aliphatic rings. The quantitative estimate of drug-likeness (QED) is 0.0859. The number of benzene rings is 5. The molecule has 1 unspecified atom stereocenters. The largest absolute Gasteiger partial charge is 0.448 e. The number of fused-ring (bicyclic) bond motifs is 1. The van der Waals surface area contributed by atoms with Crippen LogP contribution in [-0.4, -0.2) is 46.5 Å². The summed E-state index contributed by atoms with van der Waals surface area (Å²) in [7, 11) is -2.41. The van der Waals surface area contributed by atoms with E-state index in [-0.39, 0.29) is 11.6 Å². The first-order chi connectivity index (χ1) is 23.6. The fourth-order valence-electron chi connectivity index (χ4n) is 6.69. The van der Waals surface area contributed by atoms with Gasteiger partial charge in [0.2, 0.25) is 6.41 Å². The Morgan fingerprint density at radius 3 is 1.62 bits per heavy atom. The van der Waals surface area contributed by atoms with Crippen molar-refractivity contribution in [2.24, 2.45) is 0 Å². The van der Waals surface area contributed by atoms with Crippen LogP contribution in [0.1, 0.15) is 17.2 Å². The van der Waals surface area contributed by atoms with Crippen molar-refractivity contribution in [3.63, 3.8) is 0 Å². The lowest BCUT2D eigenvalue weighted by molar-refractivity contribution is -0.154. The summed E-state index contributed by atoms with van der Waals surface area (Å²) in [6.45, 7) is 0. The van der Waals surface area contributed by atoms with Crippen LogP contribution in [0.5, 0.6) is 0 Å². The Morgan fingerprint density at radius 2 is 1.19 bits per heavy atom. The van der Waals surface area contributed by atoms with Gasteiger partial charge in [-0.25, -0.2) is 4.79 Å². The summed E-state index contributed by atoms with van der Waals surface area (Å²) in [5, 5.41) is 5.79. The van der Waals surface area contributed by atoms with E-state index in [2.05, 4.69) is 78.1 Å². The first-order valence-electron chi connectivity index (χ1n) is 15.8. The maximum atomic E-state index is 14.7. The van der Waals surface area contributed by atoms with Crippen LogP contribution in [0.2, 0.25) is 0 Å². The van der Waals surface area contributed by atoms with Crippen molar-refractivity contribution in [2.45, 2.75) is 17.5 Å². The monoisotopic (exact) mass is 669 g/mol. The van der Waals surface area contributed by atoms with Gasteiger partial charge in [0.25, 0.3) is 5.91 Å². The van der Waals surface area contributed by atoms with Gasteiger partial charge in [-0.2, -0.15) is 0 Å². The van der Waals surface area contributed by atoms with E-state index >= 15 is 0 Å². The Morgan fingerprint density at radius 1 is 0.750 bits per heavy atom. The molecule has 1 fully saturated rings. The predicted molar refractivity (Wildman–Crippen MR) is 194 cm³/mol. The highest BCUT2D eigenvalue weighted by Crippen LogP contribution is 2.58. The number of ether oxygens (including phenoxy) is 1. The van der Waals surface area contributed by atoms with Crippen LogP contribution in [0.25, 0.3) is 0 Å². The van der Waals surface area contributed by atoms with Crippen LogP contribution >= 0.6 is 19.0 Å². The number of thioether (sulfide) groups is 1. The van der Waals surface area contributed by atoms with E-state index < -0.39 is 30.8 Å². The van der Waals surface area contributed by atoms with Crippen LogP contribution in [0, 0.1) is 0 Å². The summed E-state index contributed by atoms with van der Waals surface area (Å²) < 4.78 is 6.44. The van der Waals surface area contributed by atoms with E-state index in [4.69, 9.17) is 4.74 Å². The van der Waals surface area contributed by atoms with Crippen LogP contribution in [-0.2, 0) is 19.1 Å². The number of esters is 1. The van der Waals surface area contributed by atoms with Gasteiger partial charge < -0.3 is 10.1 Å². The second-order valence-corrected chi connectivity index (χ2v) is 16.3. The van der Waals surface area contributed by atoms with Crippen molar-refractivity contribution >= 4 is 53.2 Å². The number of rotatable bonds is 11. The van der Waals surface area contributed by atoms with Crippen molar-refractivity contribution in [3.05, 3.63) is 174 Å². The Hall–Kier alpha value is -4.97. The summed E-state index contributed by atoms with van der Waals surface area (Å²) in [6.07, 6.45) is 0.403. The third kappa shape index (κ3) is 5.85. The molecule has 0 bridgehead atoms. The molecule has 0 radical (unpaired) electrons. The maximum Gasteiger partial charge on any atom is 0.356 e. The molecular weight excluding hydrogens is 635 g/mol. The highest BCUT2D eigenvalue weighted by Gasteiger charge is 2.56. The molecule has 2 atom stereocenters. The molecule has 7 rings (SSSR count). The molecule has 48 heavy (non-hydrogen) atoms. The third-order valence-corrected chi connectivity index (χ3v) is 14.7. The van der Waals surface area contributed by atoms with E-state index in [1.807, 2.05) is 78.9 Å². The topological polar surface area (TPSA) is 75.7 Å². The van der Waals surface area contributed by atoms with Gasteiger partial charge in [-0.3, -0.25) is 14.5 Å². The normalized spacial score (nSPS) is 17.4. The maximum absolute atomic E-state index is 14.7. The molecule has 0 saturated carbocycles. The number of hydrogen-bond donors (Lipinski definition) is 1. The molecule has 2 amide bonds. The van der Waals surface area contributed by atoms with Crippen molar-refractivity contribution in [3.8, 4) is 0 Å². The van der Waals surface area contributed by atoms with Crippen LogP contribution in [0.4, 0.5) is 0 Å². The average Bonchev–Trinajstić information content (AvgIpc) is 3.16. The van der Waals surface area contributed by atoms with Gasteiger partial charge in [-0.05, 0) is 47.5 Å². The van der Waals surface area contributed by atoms with Gasteiger partial charge in [0.05, 0.1) is 6.16 Å². The molecule has 1 saturated heterocycles. The molecule has 1 N–H and O–H groups in total. The molecule has 5 aromatic carbocycles. The molecule has 6 nitrogen and oxygen atoms in total. The fourth-order valence-corrected chi connectivity index (χ4v) is 12.5. The van der Waals surface area contributed by atoms with Gasteiger partial charge in [0.1, 0.15) is 40.3 Å². The summed E-state index contributed by atoms with van der Waals surface area (Å²) in [5.41, 5.74) is 2.78. The summed E-state index contributed by atoms with van der Waals surface area (Å²) >= 11 is 1.57. The lowest BCUT2D eigenvalue weighted by Gasteiger charge is -2.49. The average molecular weight is 670 g/mol. The molecule has 0 aliphatic carbocycles. The zero-order chi connectivity index (χ0) is 32.9. The second-order valence-electron chi connectivity index (χ2n) is 11.7. The Bertz CT molecular complexity index is 1790. The number of hydrogen-bond acceptors (Lipinski definition) is 5. The molecular formula is C40H34N2O4PS+. The van der Waals surface area contributed by atoms with E-state index in [0.717, 1.165) is 16.7 Å². The molecule has 2 aliphatic heterocycles. The Balaban J connectivity index is 1.40. The van der Waals surface area contributed by atoms with Crippen molar-refractivity contribution in [1.82, 2.24) is 10.2 Å². The molecule has 238 valence electrons. The van der Waals surface area contributed by atoms with Gasteiger partial charge in [-0.15, -0.1) is 11.8 Å². The van der Waals surface area contributed by atoms with Crippen LogP contribution in [0.15, 0.2) is 163 Å². The van der Waals surface area contributed by atoms with E-state index in [1.54, 1.807) is 16.7 Å². The first-order valence-corrected chi connectivity index (χ1v) is 18.9. The van der Waals surface area contributed by atoms with Crippen molar-refractivity contribution < 1.29 is 19.1 Å². The fraction of sp³-hybridized carbons (Fsp3) is 0.125. The van der Waals surface area contributed by atoms with Crippen LogP contribution in [0.3, 0.4) is 0 Å². The van der Waals surface area contributed by atoms with Gasteiger partial charge in [0.15, 0.2) is 6.10 Å².